The van der Waals surface area contributed by atoms with Crippen LogP contribution in [-0.2, 0) is 0 Å². The number of amides is 1. The summed E-state index contributed by atoms with van der Waals surface area (Å²) in [4.78, 5) is 22.8. The Hall–Kier alpha value is -2.84. The molecular formula is C8H6N8O. The number of hydrogen-bond donors (Lipinski definition) is 2. The van der Waals surface area contributed by atoms with Gasteiger partial charge >= 0.3 is 0 Å². The van der Waals surface area contributed by atoms with Gasteiger partial charge in [-0.2, -0.15) is 0 Å². The fraction of sp³-hybridized carbons (Fsp3) is 0. The molecule has 0 saturated carbocycles. The normalized spacial score (nSPS) is 11.1. The Labute approximate surface area is 93.5 Å². The van der Waals surface area contributed by atoms with Crippen LogP contribution in [0.5, 0.6) is 0 Å². The van der Waals surface area contributed by atoms with Crippen molar-refractivity contribution in [1.82, 2.24) is 29.5 Å². The molecule has 0 aliphatic rings. The van der Waals surface area contributed by atoms with Gasteiger partial charge in [-0.15, -0.1) is 10.2 Å². The zero-order valence-electron chi connectivity index (χ0n) is 8.40. The van der Waals surface area contributed by atoms with Crippen LogP contribution in [0.4, 0.5) is 5.82 Å². The molecule has 3 aromatic rings. The van der Waals surface area contributed by atoms with E-state index in [0.717, 1.165) is 0 Å². The summed E-state index contributed by atoms with van der Waals surface area (Å²) in [6, 6.07) is 0. The number of hydrogen-bond acceptors (Lipinski definition) is 7. The molecule has 3 heterocycles. The van der Waals surface area contributed by atoms with E-state index in [2.05, 4.69) is 25.1 Å². The number of nitrogen functional groups attached to an aromatic ring is 1. The second kappa shape index (κ2) is 3.07. The third-order valence-corrected chi connectivity index (χ3v) is 2.28. The highest BCUT2D eigenvalue weighted by Crippen LogP contribution is 2.15. The zero-order chi connectivity index (χ0) is 12.0. The molecule has 17 heavy (non-hydrogen) atoms. The molecule has 0 atom stereocenters. The van der Waals surface area contributed by atoms with Gasteiger partial charge in [0.2, 0.25) is 0 Å². The maximum Gasteiger partial charge on any atom is 0.271 e. The fourth-order valence-corrected chi connectivity index (χ4v) is 1.52. The number of fused-ring (bicyclic) bond motifs is 3. The van der Waals surface area contributed by atoms with Gasteiger partial charge in [0.1, 0.15) is 12.7 Å². The van der Waals surface area contributed by atoms with Crippen LogP contribution < -0.4 is 11.5 Å². The Morgan fingerprint density at radius 3 is 2.76 bits per heavy atom. The molecule has 9 nitrogen and oxygen atoms in total. The van der Waals surface area contributed by atoms with E-state index in [9.17, 15) is 4.79 Å². The van der Waals surface area contributed by atoms with Crippen molar-refractivity contribution >= 4 is 28.5 Å². The molecule has 0 bridgehead atoms. The summed E-state index contributed by atoms with van der Waals surface area (Å²) in [6.45, 7) is 0. The van der Waals surface area contributed by atoms with Crippen molar-refractivity contribution in [3.05, 3.63) is 18.3 Å². The van der Waals surface area contributed by atoms with Crippen molar-refractivity contribution in [2.75, 3.05) is 5.73 Å². The van der Waals surface area contributed by atoms with Crippen LogP contribution in [0.1, 0.15) is 10.5 Å². The lowest BCUT2D eigenvalue weighted by Gasteiger charge is -2.00. The van der Waals surface area contributed by atoms with Crippen LogP contribution in [0.25, 0.3) is 16.8 Å². The first-order chi connectivity index (χ1) is 8.18. The van der Waals surface area contributed by atoms with Crippen LogP contribution in [-0.4, -0.2) is 35.5 Å². The minimum atomic E-state index is -0.678. The molecule has 0 radical (unpaired) electrons. The molecular weight excluding hydrogens is 224 g/mol. The molecule has 0 aliphatic heterocycles. The zero-order valence-corrected chi connectivity index (χ0v) is 8.40. The first kappa shape index (κ1) is 9.39. The molecule has 84 valence electrons. The largest absolute Gasteiger partial charge is 0.382 e. The summed E-state index contributed by atoms with van der Waals surface area (Å²) in [5.74, 6) is -0.470. The monoisotopic (exact) mass is 230 g/mol. The van der Waals surface area contributed by atoms with Crippen molar-refractivity contribution < 1.29 is 4.79 Å². The molecule has 1 amide bonds. The van der Waals surface area contributed by atoms with E-state index in [1.54, 1.807) is 0 Å². The Morgan fingerprint density at radius 1 is 1.18 bits per heavy atom. The van der Waals surface area contributed by atoms with E-state index in [1.165, 1.54) is 17.1 Å². The highest BCUT2D eigenvalue weighted by atomic mass is 16.1. The molecule has 0 saturated heterocycles. The SMILES string of the molecule is NC(=O)c1ncn2c1nnc1c(N)ncnc12. The Morgan fingerprint density at radius 2 is 2.00 bits per heavy atom. The predicted octanol–water partition coefficient (Wildman–Crippen LogP) is -1.25. The first-order valence-electron chi connectivity index (χ1n) is 4.58. The Bertz CT molecular complexity index is 748. The summed E-state index contributed by atoms with van der Waals surface area (Å²) in [7, 11) is 0. The quantitative estimate of drug-likeness (QED) is 0.532. The summed E-state index contributed by atoms with van der Waals surface area (Å²) in [6.07, 6.45) is 2.68. The maximum absolute atomic E-state index is 11.1. The predicted molar refractivity (Wildman–Crippen MR) is 56.8 cm³/mol. The molecule has 0 aromatic carbocycles. The van der Waals surface area contributed by atoms with Gasteiger partial charge in [0.15, 0.2) is 28.3 Å². The number of carbonyl (C=O) groups is 1. The number of nitrogens with two attached hydrogens (primary N) is 2. The molecule has 3 rings (SSSR count). The minimum absolute atomic E-state index is 0.0385. The third kappa shape index (κ3) is 1.19. The van der Waals surface area contributed by atoms with Crippen molar-refractivity contribution in [1.29, 1.82) is 0 Å². The number of primary amides is 1. The number of carbonyl (C=O) groups excluding carboxylic acids is 1. The Balaban J connectivity index is 2.50. The van der Waals surface area contributed by atoms with Crippen molar-refractivity contribution in [3.8, 4) is 0 Å². The topological polar surface area (TPSA) is 138 Å². The maximum atomic E-state index is 11.1. The van der Waals surface area contributed by atoms with Crippen molar-refractivity contribution in [2.45, 2.75) is 0 Å². The molecule has 3 aromatic heterocycles. The standard InChI is InChI=1S/C8H6N8O/c9-5-3-7(12-1-11-5)16-2-13-4(6(10)17)8(16)15-14-3/h1-2H,(H2,10,17)(H2,9,11,12). The van der Waals surface area contributed by atoms with Gasteiger partial charge in [0.05, 0.1) is 0 Å². The highest BCUT2D eigenvalue weighted by molar-refractivity contribution is 5.97. The van der Waals surface area contributed by atoms with Gasteiger partial charge in [-0.1, -0.05) is 0 Å². The van der Waals surface area contributed by atoms with Gasteiger partial charge in [0.25, 0.3) is 5.91 Å². The highest BCUT2D eigenvalue weighted by Gasteiger charge is 2.15. The lowest BCUT2D eigenvalue weighted by Crippen LogP contribution is -2.13. The van der Waals surface area contributed by atoms with E-state index in [-0.39, 0.29) is 17.2 Å². The van der Waals surface area contributed by atoms with Crippen LogP contribution in [0, 0.1) is 0 Å². The van der Waals surface area contributed by atoms with E-state index >= 15 is 0 Å². The molecule has 0 unspecified atom stereocenters. The van der Waals surface area contributed by atoms with E-state index < -0.39 is 5.91 Å². The molecule has 0 aliphatic carbocycles. The van der Waals surface area contributed by atoms with Crippen LogP contribution in [0.15, 0.2) is 12.7 Å². The lowest BCUT2D eigenvalue weighted by atomic mass is 10.4. The third-order valence-electron chi connectivity index (χ3n) is 2.28. The van der Waals surface area contributed by atoms with Crippen LogP contribution >= 0.6 is 0 Å². The number of nitrogens with zero attached hydrogens (tertiary/aromatic N) is 6. The molecule has 0 spiro atoms. The van der Waals surface area contributed by atoms with Gasteiger partial charge in [-0.25, -0.2) is 15.0 Å². The van der Waals surface area contributed by atoms with E-state index in [0.29, 0.717) is 11.2 Å². The smallest absolute Gasteiger partial charge is 0.271 e. The van der Waals surface area contributed by atoms with Gasteiger partial charge in [-0.05, 0) is 0 Å². The molecule has 0 fully saturated rings. The average molecular weight is 230 g/mol. The number of anilines is 1. The first-order valence-corrected chi connectivity index (χ1v) is 4.58. The summed E-state index contributed by atoms with van der Waals surface area (Å²) >= 11 is 0. The minimum Gasteiger partial charge on any atom is -0.382 e. The fourth-order valence-electron chi connectivity index (χ4n) is 1.52. The number of aromatic nitrogens is 6. The summed E-state index contributed by atoms with van der Waals surface area (Å²) in [5, 5.41) is 7.70. The average Bonchev–Trinajstić information content (AvgIpc) is 2.73. The van der Waals surface area contributed by atoms with Gasteiger partial charge < -0.3 is 11.5 Å². The molecule has 9 heteroatoms. The van der Waals surface area contributed by atoms with Gasteiger partial charge in [0, 0.05) is 0 Å². The van der Waals surface area contributed by atoms with E-state index in [1.807, 2.05) is 0 Å². The second-order valence-electron chi connectivity index (χ2n) is 3.28. The van der Waals surface area contributed by atoms with Crippen LogP contribution in [0.3, 0.4) is 0 Å². The summed E-state index contributed by atoms with van der Waals surface area (Å²) in [5.41, 5.74) is 11.8. The van der Waals surface area contributed by atoms with Crippen LogP contribution in [0.2, 0.25) is 0 Å². The van der Waals surface area contributed by atoms with E-state index in [4.69, 9.17) is 11.5 Å². The number of imidazole rings is 1. The second-order valence-corrected chi connectivity index (χ2v) is 3.28. The van der Waals surface area contributed by atoms with Crippen molar-refractivity contribution in [2.24, 2.45) is 5.73 Å². The summed E-state index contributed by atoms with van der Waals surface area (Å²) < 4.78 is 1.49. The van der Waals surface area contributed by atoms with Crippen molar-refractivity contribution in [3.63, 3.8) is 0 Å². The molecule has 4 N–H and O–H groups in total. The number of rotatable bonds is 1. The van der Waals surface area contributed by atoms with Gasteiger partial charge in [-0.3, -0.25) is 9.20 Å². The lowest BCUT2D eigenvalue weighted by molar-refractivity contribution is 0.0997. The Kier molecular flexibility index (Phi) is 1.70.